The maximum atomic E-state index is 11.3. The Bertz CT molecular complexity index is 565. The zero-order valence-corrected chi connectivity index (χ0v) is 13.8. The van der Waals surface area contributed by atoms with Crippen LogP contribution >= 0.6 is 23.2 Å². The largest absolute Gasteiger partial charge is 0.492 e. The number of rotatable bonds is 9. The molecule has 0 bridgehead atoms. The van der Waals surface area contributed by atoms with Gasteiger partial charge in [-0.15, -0.1) is 0 Å². The number of sulfonamides is 1. The van der Waals surface area contributed by atoms with Gasteiger partial charge in [0.25, 0.3) is 0 Å². The lowest BCUT2D eigenvalue weighted by Crippen LogP contribution is -2.13. The van der Waals surface area contributed by atoms with Crippen molar-refractivity contribution in [3.05, 3.63) is 22.2 Å². The second-order valence-electron chi connectivity index (χ2n) is 4.07. The Kier molecular flexibility index (Phi) is 7.72. The molecule has 0 saturated carbocycles. The quantitative estimate of drug-likeness (QED) is 0.683. The molecular weight excluding hydrogens is 341 g/mol. The van der Waals surface area contributed by atoms with Crippen LogP contribution in [0, 0.1) is 0 Å². The molecule has 9 heteroatoms. The van der Waals surface area contributed by atoms with E-state index in [1.807, 2.05) is 0 Å². The fraction of sp³-hybridized carbons (Fsp3) is 0.500. The van der Waals surface area contributed by atoms with Gasteiger partial charge >= 0.3 is 0 Å². The molecule has 0 unspecified atom stereocenters. The van der Waals surface area contributed by atoms with Gasteiger partial charge in [0.05, 0.1) is 29.9 Å². The van der Waals surface area contributed by atoms with Crippen molar-refractivity contribution in [2.24, 2.45) is 5.14 Å². The normalized spacial score (nSPS) is 11.6. The fourth-order valence-corrected chi connectivity index (χ4v) is 2.80. The number of halogens is 2. The summed E-state index contributed by atoms with van der Waals surface area (Å²) in [4.78, 5) is -0.232. The van der Waals surface area contributed by atoms with Crippen LogP contribution < -0.4 is 9.88 Å². The van der Waals surface area contributed by atoms with Crippen molar-refractivity contribution in [3.63, 3.8) is 0 Å². The fourth-order valence-electron chi connectivity index (χ4n) is 1.43. The highest BCUT2D eigenvalue weighted by Crippen LogP contribution is 2.33. The molecule has 0 heterocycles. The number of nitrogens with two attached hydrogens (primary N) is 1. The molecular formula is C12H17Cl2NO5S. The van der Waals surface area contributed by atoms with Crippen molar-refractivity contribution >= 4 is 33.2 Å². The van der Waals surface area contributed by atoms with Crippen molar-refractivity contribution in [3.8, 4) is 5.75 Å². The van der Waals surface area contributed by atoms with Gasteiger partial charge in [0.1, 0.15) is 10.6 Å². The van der Waals surface area contributed by atoms with Gasteiger partial charge < -0.3 is 14.2 Å². The van der Waals surface area contributed by atoms with Crippen LogP contribution in [0.1, 0.15) is 6.42 Å². The molecule has 1 rings (SSSR count). The standard InChI is InChI=1S/C12H17Cl2NO5S/c1-18-5-6-19-3-2-4-20-11-7-10(14)12(8-9(11)13)21(15,16)17/h7-8H,2-6H2,1H3,(H2,15,16,17). The number of benzene rings is 1. The van der Waals surface area contributed by atoms with Crippen molar-refractivity contribution < 1.29 is 22.6 Å². The summed E-state index contributed by atoms with van der Waals surface area (Å²) < 4.78 is 38.1. The molecule has 0 spiro atoms. The Hall–Kier alpha value is -0.570. The third-order valence-corrected chi connectivity index (χ3v) is 4.09. The van der Waals surface area contributed by atoms with E-state index in [0.29, 0.717) is 38.6 Å². The minimum Gasteiger partial charge on any atom is -0.492 e. The number of methoxy groups -OCH3 is 1. The van der Waals surface area contributed by atoms with E-state index in [1.54, 1.807) is 7.11 Å². The topological polar surface area (TPSA) is 87.8 Å². The van der Waals surface area contributed by atoms with Gasteiger partial charge in [0, 0.05) is 26.2 Å². The molecule has 1 aromatic rings. The lowest BCUT2D eigenvalue weighted by molar-refractivity contribution is 0.0644. The summed E-state index contributed by atoms with van der Waals surface area (Å²) in [5, 5.41) is 5.11. The zero-order valence-electron chi connectivity index (χ0n) is 11.5. The van der Waals surface area contributed by atoms with E-state index in [9.17, 15) is 8.42 Å². The van der Waals surface area contributed by atoms with Crippen LogP contribution in [0.25, 0.3) is 0 Å². The number of hydrogen-bond donors (Lipinski definition) is 1. The van der Waals surface area contributed by atoms with Gasteiger partial charge in [-0.2, -0.15) is 0 Å². The molecule has 1 aromatic carbocycles. The number of ether oxygens (including phenoxy) is 3. The smallest absolute Gasteiger partial charge is 0.239 e. The maximum absolute atomic E-state index is 11.3. The molecule has 21 heavy (non-hydrogen) atoms. The van der Waals surface area contributed by atoms with E-state index >= 15 is 0 Å². The van der Waals surface area contributed by atoms with Crippen LogP contribution in [0.5, 0.6) is 5.75 Å². The van der Waals surface area contributed by atoms with Crippen molar-refractivity contribution in [2.75, 3.05) is 33.5 Å². The van der Waals surface area contributed by atoms with Crippen LogP contribution in [0.2, 0.25) is 10.0 Å². The summed E-state index contributed by atoms with van der Waals surface area (Å²) in [6.07, 6.45) is 0.647. The van der Waals surface area contributed by atoms with Crippen molar-refractivity contribution in [2.45, 2.75) is 11.3 Å². The molecule has 6 nitrogen and oxygen atoms in total. The number of hydrogen-bond acceptors (Lipinski definition) is 5. The third kappa shape index (κ3) is 6.37. The van der Waals surface area contributed by atoms with Gasteiger partial charge in [0.15, 0.2) is 0 Å². The molecule has 0 aliphatic rings. The Morgan fingerprint density at radius 3 is 2.43 bits per heavy atom. The molecule has 0 saturated heterocycles. The summed E-state index contributed by atoms with van der Waals surface area (Å²) in [5.41, 5.74) is 0. The molecule has 2 N–H and O–H groups in total. The van der Waals surface area contributed by atoms with Crippen molar-refractivity contribution in [1.29, 1.82) is 0 Å². The van der Waals surface area contributed by atoms with Gasteiger partial charge in [-0.25, -0.2) is 13.6 Å². The summed E-state index contributed by atoms with van der Waals surface area (Å²) >= 11 is 11.8. The highest BCUT2D eigenvalue weighted by atomic mass is 35.5. The minimum atomic E-state index is -3.91. The Morgan fingerprint density at radius 1 is 1.10 bits per heavy atom. The van der Waals surface area contributed by atoms with Gasteiger partial charge in [-0.3, -0.25) is 0 Å². The van der Waals surface area contributed by atoms with E-state index in [4.69, 9.17) is 42.6 Å². The first kappa shape index (κ1) is 18.5. The van der Waals surface area contributed by atoms with Crippen LogP contribution in [0.3, 0.4) is 0 Å². The Labute approximate surface area is 134 Å². The SMILES string of the molecule is COCCOCCCOc1cc(Cl)c(S(N)(=O)=O)cc1Cl. The summed E-state index contributed by atoms with van der Waals surface area (Å²) in [6, 6.07) is 2.50. The van der Waals surface area contributed by atoms with Crippen molar-refractivity contribution in [1.82, 2.24) is 0 Å². The lowest BCUT2D eigenvalue weighted by atomic mass is 10.3. The third-order valence-electron chi connectivity index (χ3n) is 2.42. The van der Waals surface area contributed by atoms with E-state index in [0.717, 1.165) is 0 Å². The maximum Gasteiger partial charge on any atom is 0.239 e. The van der Waals surface area contributed by atoms with E-state index in [-0.39, 0.29) is 14.9 Å². The zero-order chi connectivity index (χ0) is 15.9. The number of primary sulfonamides is 1. The van der Waals surface area contributed by atoms with Gasteiger partial charge in [-0.1, -0.05) is 23.2 Å². The predicted molar refractivity (Wildman–Crippen MR) is 80.6 cm³/mol. The molecule has 120 valence electrons. The van der Waals surface area contributed by atoms with Crippen LogP contribution in [0.4, 0.5) is 0 Å². The molecule has 0 amide bonds. The lowest BCUT2D eigenvalue weighted by Gasteiger charge is -2.10. The van der Waals surface area contributed by atoms with Gasteiger partial charge in [0.2, 0.25) is 10.0 Å². The molecule has 0 radical (unpaired) electrons. The summed E-state index contributed by atoms with van der Waals surface area (Å²) in [7, 11) is -2.31. The van der Waals surface area contributed by atoms with Crippen LogP contribution in [-0.2, 0) is 19.5 Å². The molecule has 0 atom stereocenters. The first-order valence-corrected chi connectivity index (χ1v) is 8.38. The highest BCUT2D eigenvalue weighted by Gasteiger charge is 2.16. The monoisotopic (exact) mass is 357 g/mol. The Balaban J connectivity index is 2.52. The highest BCUT2D eigenvalue weighted by molar-refractivity contribution is 7.89. The second-order valence-corrected chi connectivity index (χ2v) is 6.41. The second kappa shape index (κ2) is 8.77. The molecule has 0 aliphatic heterocycles. The van der Waals surface area contributed by atoms with Crippen LogP contribution in [-0.4, -0.2) is 42.0 Å². The summed E-state index contributed by atoms with van der Waals surface area (Å²) in [5.74, 6) is 0.297. The van der Waals surface area contributed by atoms with Crippen LogP contribution in [0.15, 0.2) is 17.0 Å². The van der Waals surface area contributed by atoms with E-state index in [1.165, 1.54) is 12.1 Å². The Morgan fingerprint density at radius 2 is 1.81 bits per heavy atom. The average Bonchev–Trinajstić information content (AvgIpc) is 2.39. The summed E-state index contributed by atoms with van der Waals surface area (Å²) in [6.45, 7) is 1.94. The average molecular weight is 358 g/mol. The van der Waals surface area contributed by atoms with Gasteiger partial charge in [-0.05, 0) is 6.07 Å². The molecule has 0 fully saturated rings. The predicted octanol–water partition coefficient (Wildman–Crippen LogP) is 2.07. The van der Waals surface area contributed by atoms with E-state index in [2.05, 4.69) is 0 Å². The first-order valence-electron chi connectivity index (χ1n) is 6.07. The molecule has 0 aliphatic carbocycles. The first-order chi connectivity index (χ1) is 9.86. The van der Waals surface area contributed by atoms with E-state index < -0.39 is 10.0 Å². The molecule has 0 aromatic heterocycles. The minimum absolute atomic E-state index is 0.0340.